The fourth-order valence-corrected chi connectivity index (χ4v) is 6.32. The van der Waals surface area contributed by atoms with Crippen molar-refractivity contribution in [1.29, 1.82) is 0 Å². The van der Waals surface area contributed by atoms with Crippen LogP contribution >= 0.6 is 23.1 Å². The van der Waals surface area contributed by atoms with Crippen molar-refractivity contribution in [2.75, 3.05) is 18.4 Å². The van der Waals surface area contributed by atoms with Gasteiger partial charge in [-0.3, -0.25) is 9.08 Å². The van der Waals surface area contributed by atoms with E-state index in [1.807, 2.05) is 42.1 Å². The second-order valence-electron chi connectivity index (χ2n) is 8.28. The number of rotatable bonds is 6. The second-order valence-corrected chi connectivity index (χ2v) is 11.2. The van der Waals surface area contributed by atoms with Crippen molar-refractivity contribution >= 4 is 45.1 Å². The topological polar surface area (TPSA) is 72.1 Å². The van der Waals surface area contributed by atoms with Crippen molar-refractivity contribution in [3.63, 3.8) is 0 Å². The first-order chi connectivity index (χ1) is 15.5. The molecule has 166 valence electrons. The van der Waals surface area contributed by atoms with Gasteiger partial charge in [-0.25, -0.2) is 9.97 Å². The number of nitrogens with zero attached hydrogens (tertiary/aromatic N) is 5. The molecule has 0 unspecified atom stereocenters. The third-order valence-corrected chi connectivity index (χ3v) is 7.80. The molecule has 0 fully saturated rings. The van der Waals surface area contributed by atoms with Crippen molar-refractivity contribution in [2.24, 2.45) is 7.05 Å². The minimum absolute atomic E-state index is 0.549. The molecule has 32 heavy (non-hydrogen) atoms. The van der Waals surface area contributed by atoms with Gasteiger partial charge in [-0.1, -0.05) is 19.9 Å². The van der Waals surface area contributed by atoms with Crippen LogP contribution in [0.15, 0.2) is 41.1 Å². The maximum atomic E-state index is 5.01. The van der Waals surface area contributed by atoms with Gasteiger partial charge in [0.15, 0.2) is 11.5 Å². The molecular formula is C23H27N7S2. The van der Waals surface area contributed by atoms with Gasteiger partial charge in [0.05, 0.1) is 33.0 Å². The van der Waals surface area contributed by atoms with E-state index in [9.17, 15) is 0 Å². The maximum absolute atomic E-state index is 5.01. The van der Waals surface area contributed by atoms with E-state index >= 15 is 0 Å². The molecule has 0 bridgehead atoms. The Bertz CT molecular complexity index is 1300. The molecule has 0 amide bonds. The molecule has 0 radical (unpaired) electrons. The molecule has 0 saturated heterocycles. The number of aryl methyl sites for hydroxylation is 2. The zero-order valence-electron chi connectivity index (χ0n) is 18.7. The van der Waals surface area contributed by atoms with Crippen molar-refractivity contribution in [2.45, 2.75) is 36.7 Å². The molecule has 4 aromatic rings. The largest absolute Gasteiger partial charge is 0.329 e. The van der Waals surface area contributed by atoms with Gasteiger partial charge in [0.25, 0.3) is 0 Å². The number of fused-ring (bicyclic) bond motifs is 1. The third-order valence-electron chi connectivity index (χ3n) is 5.31. The van der Waals surface area contributed by atoms with Gasteiger partial charge in [-0.15, -0.1) is 23.1 Å². The summed E-state index contributed by atoms with van der Waals surface area (Å²) in [5.74, 6) is 0.770. The number of imidazole rings is 1. The molecule has 5 rings (SSSR count). The molecule has 1 aliphatic heterocycles. The summed E-state index contributed by atoms with van der Waals surface area (Å²) in [6.07, 6.45) is 11.2. The highest BCUT2D eigenvalue weighted by Gasteiger charge is 2.18. The van der Waals surface area contributed by atoms with E-state index in [0.29, 0.717) is 5.25 Å². The van der Waals surface area contributed by atoms with E-state index in [4.69, 9.17) is 9.97 Å². The van der Waals surface area contributed by atoms with Gasteiger partial charge in [0.1, 0.15) is 0 Å². The fourth-order valence-electron chi connectivity index (χ4n) is 3.81. The smallest absolute Gasteiger partial charge is 0.181 e. The molecule has 5 heterocycles. The highest BCUT2D eigenvalue weighted by atomic mass is 32.2. The lowest BCUT2D eigenvalue weighted by molar-refractivity contribution is 0.737. The number of hydrogen-bond acceptors (Lipinski definition) is 7. The van der Waals surface area contributed by atoms with Crippen LogP contribution in [0.2, 0.25) is 0 Å². The Labute approximate surface area is 196 Å². The Morgan fingerprint density at radius 1 is 1.25 bits per heavy atom. The molecule has 1 aliphatic rings. The quantitative estimate of drug-likeness (QED) is 0.385. The van der Waals surface area contributed by atoms with Crippen molar-refractivity contribution < 1.29 is 0 Å². The summed E-state index contributed by atoms with van der Waals surface area (Å²) in [5.41, 5.74) is 6.30. The molecule has 9 heteroatoms. The van der Waals surface area contributed by atoms with Gasteiger partial charge >= 0.3 is 0 Å². The first-order valence-corrected chi connectivity index (χ1v) is 12.5. The van der Waals surface area contributed by atoms with Crippen molar-refractivity contribution in [3.05, 3.63) is 48.2 Å². The number of thiophene rings is 1. The Hall–Kier alpha value is -2.62. The molecule has 4 aromatic heterocycles. The second kappa shape index (κ2) is 8.73. The Morgan fingerprint density at radius 2 is 2.12 bits per heavy atom. The van der Waals surface area contributed by atoms with Crippen LogP contribution in [0.3, 0.4) is 0 Å². The van der Waals surface area contributed by atoms with Crippen LogP contribution in [0, 0.1) is 6.92 Å². The monoisotopic (exact) mass is 465 g/mol. The summed E-state index contributed by atoms with van der Waals surface area (Å²) < 4.78 is 5.28. The fraction of sp³-hybridized carbons (Fsp3) is 0.348. The molecule has 0 atom stereocenters. The first kappa shape index (κ1) is 21.2. The summed E-state index contributed by atoms with van der Waals surface area (Å²) in [6.45, 7) is 8.44. The van der Waals surface area contributed by atoms with E-state index in [-0.39, 0.29) is 0 Å². The lowest BCUT2D eigenvalue weighted by atomic mass is 10.1. The van der Waals surface area contributed by atoms with E-state index in [2.05, 4.69) is 59.2 Å². The number of hydrogen-bond donors (Lipinski definition) is 2. The van der Waals surface area contributed by atoms with Crippen LogP contribution in [0.25, 0.3) is 22.5 Å². The molecular weight excluding hydrogens is 438 g/mol. The van der Waals surface area contributed by atoms with Crippen LogP contribution in [-0.2, 0) is 7.05 Å². The predicted molar refractivity (Wildman–Crippen MR) is 134 cm³/mol. The average molecular weight is 466 g/mol. The number of aromatic nitrogens is 5. The van der Waals surface area contributed by atoms with Crippen molar-refractivity contribution in [1.82, 2.24) is 29.5 Å². The van der Waals surface area contributed by atoms with Crippen LogP contribution in [-0.4, -0.2) is 42.5 Å². The Kier molecular flexibility index (Phi) is 5.79. The van der Waals surface area contributed by atoms with E-state index in [0.717, 1.165) is 52.9 Å². The molecule has 0 spiro atoms. The third kappa shape index (κ3) is 4.20. The van der Waals surface area contributed by atoms with Crippen LogP contribution in [0.1, 0.15) is 31.5 Å². The van der Waals surface area contributed by atoms with Gasteiger partial charge in [-0.2, -0.15) is 5.10 Å². The summed E-state index contributed by atoms with van der Waals surface area (Å²) in [5, 5.41) is 13.0. The normalized spacial score (nSPS) is 14.3. The standard InChI is InChI=1S/C23H27N7S2/c1-14(2)31-23-15(3)8-20(32-23)28-21-22-25-11-19(17-10-26-29(4)12-17)30(22)13-18(27-21)16-6-5-7-24-9-16/h6,8,10-14,24H,5,7,9H2,1-4H3,(H,27,28). The number of thioether (sulfide) groups is 1. The number of anilines is 2. The highest BCUT2D eigenvalue weighted by Crippen LogP contribution is 2.38. The van der Waals surface area contributed by atoms with E-state index in [1.54, 1.807) is 11.3 Å². The maximum Gasteiger partial charge on any atom is 0.181 e. The summed E-state index contributed by atoms with van der Waals surface area (Å²) in [4.78, 5) is 9.74. The van der Waals surface area contributed by atoms with Crippen molar-refractivity contribution in [3.8, 4) is 11.3 Å². The minimum Gasteiger partial charge on any atom is -0.329 e. The predicted octanol–water partition coefficient (Wildman–Crippen LogP) is 5.12. The minimum atomic E-state index is 0.549. The van der Waals surface area contributed by atoms with Crippen LogP contribution in [0.5, 0.6) is 0 Å². The molecule has 7 nitrogen and oxygen atoms in total. The zero-order chi connectivity index (χ0) is 22.2. The van der Waals surface area contributed by atoms with Gasteiger partial charge in [0.2, 0.25) is 0 Å². The summed E-state index contributed by atoms with van der Waals surface area (Å²) >= 11 is 3.67. The highest BCUT2D eigenvalue weighted by molar-refractivity contribution is 8.01. The van der Waals surface area contributed by atoms with Crippen LogP contribution in [0.4, 0.5) is 10.8 Å². The van der Waals surface area contributed by atoms with Gasteiger partial charge in [0, 0.05) is 36.8 Å². The molecule has 2 N–H and O–H groups in total. The van der Waals surface area contributed by atoms with Gasteiger partial charge < -0.3 is 10.6 Å². The zero-order valence-corrected chi connectivity index (χ0v) is 20.3. The summed E-state index contributed by atoms with van der Waals surface area (Å²) in [7, 11) is 1.93. The van der Waals surface area contributed by atoms with Gasteiger partial charge in [-0.05, 0) is 37.1 Å². The molecule has 0 aliphatic carbocycles. The first-order valence-electron chi connectivity index (χ1n) is 10.8. The van der Waals surface area contributed by atoms with Crippen LogP contribution < -0.4 is 10.6 Å². The molecule has 0 aromatic carbocycles. The lowest BCUT2D eigenvalue weighted by Crippen LogP contribution is -2.22. The Morgan fingerprint density at radius 3 is 2.84 bits per heavy atom. The Balaban J connectivity index is 1.61. The number of nitrogens with one attached hydrogen (secondary N) is 2. The van der Waals surface area contributed by atoms with E-state index < -0.39 is 0 Å². The van der Waals surface area contributed by atoms with E-state index in [1.165, 1.54) is 15.3 Å². The SMILES string of the molecule is Cc1cc(Nc2nc(C3=CCCNC3)cn3c(-c4cnn(C)c4)cnc23)sc1SC(C)C. The summed E-state index contributed by atoms with van der Waals surface area (Å²) in [6, 6.07) is 2.20. The average Bonchev–Trinajstić information content (AvgIpc) is 3.47. The molecule has 0 saturated carbocycles. The lowest BCUT2D eigenvalue weighted by Gasteiger charge is -2.16.